The molecule has 0 aromatic heterocycles. The third kappa shape index (κ3) is 26.2. The van der Waals surface area contributed by atoms with Crippen LogP contribution in [0.2, 0.25) is 0 Å². The van der Waals surface area contributed by atoms with Gasteiger partial charge in [-0.25, -0.2) is 0 Å². The van der Waals surface area contributed by atoms with E-state index in [4.69, 9.17) is 18.9 Å². The molecule has 1 aliphatic heterocycles. The highest BCUT2D eigenvalue weighted by molar-refractivity contribution is 5.70. The molecule has 0 bridgehead atoms. The zero-order valence-electron chi connectivity index (χ0n) is 33.0. The zero-order valence-corrected chi connectivity index (χ0v) is 33.0. The SMILES string of the molecule is CC/C=C\C/C=C\C/C=C\C/C=C\CCCCCCCCCCCCC(=O)OC(COC(=O)CCCCCCC)COC1OC(CO)C(O)C(O)C1O. The topological polar surface area (TPSA) is 152 Å². The standard InChI is InChI=1S/C43H74O10/c1-3-5-7-9-10-11-12-13-14-15-16-17-18-19-20-21-22-23-24-25-26-28-30-32-39(46)52-36(34-50-38(45)31-29-27-8-6-4-2)35-51-43-42(49)41(48)40(47)37(33-44)53-43/h5,7,10-11,13-14,16-17,36-37,40-44,47-49H,3-4,6,8-9,12,15,18-35H2,1-2H3/b7-5-,11-10-,14-13-,17-16-. The fourth-order valence-electron chi connectivity index (χ4n) is 5.94. The van der Waals surface area contributed by atoms with Gasteiger partial charge in [-0.2, -0.15) is 0 Å². The number of carbonyl (C=O) groups excluding carboxylic acids is 2. The van der Waals surface area contributed by atoms with E-state index < -0.39 is 55.4 Å². The van der Waals surface area contributed by atoms with Crippen molar-refractivity contribution in [1.82, 2.24) is 0 Å². The third-order valence-electron chi connectivity index (χ3n) is 9.23. The predicted molar refractivity (Wildman–Crippen MR) is 210 cm³/mol. The maximum atomic E-state index is 12.7. The van der Waals surface area contributed by atoms with E-state index in [1.54, 1.807) is 0 Å². The van der Waals surface area contributed by atoms with Crippen LogP contribution in [0.5, 0.6) is 0 Å². The first-order chi connectivity index (χ1) is 25.8. The van der Waals surface area contributed by atoms with Gasteiger partial charge in [0, 0.05) is 12.8 Å². The first-order valence-corrected chi connectivity index (χ1v) is 20.7. The molecule has 0 saturated carbocycles. The number of allylic oxidation sites excluding steroid dienone is 8. The highest BCUT2D eigenvalue weighted by atomic mass is 16.7. The van der Waals surface area contributed by atoms with Crippen LogP contribution in [0.1, 0.15) is 155 Å². The van der Waals surface area contributed by atoms with Crippen molar-refractivity contribution in [3.63, 3.8) is 0 Å². The number of carbonyl (C=O) groups is 2. The number of aliphatic hydroxyl groups is 4. The molecule has 1 heterocycles. The molecule has 4 N–H and O–H groups in total. The number of ether oxygens (including phenoxy) is 4. The summed E-state index contributed by atoms with van der Waals surface area (Å²) in [6.45, 7) is 3.19. The third-order valence-corrected chi connectivity index (χ3v) is 9.23. The van der Waals surface area contributed by atoms with E-state index in [2.05, 4.69) is 62.5 Å². The van der Waals surface area contributed by atoms with Crippen LogP contribution in [0.3, 0.4) is 0 Å². The summed E-state index contributed by atoms with van der Waals surface area (Å²) >= 11 is 0. The summed E-state index contributed by atoms with van der Waals surface area (Å²) in [5.74, 6) is -0.828. The normalized spacial score (nSPS) is 21.4. The Morgan fingerprint density at radius 1 is 0.604 bits per heavy atom. The molecule has 0 aliphatic carbocycles. The highest BCUT2D eigenvalue weighted by Crippen LogP contribution is 2.22. The minimum atomic E-state index is -1.59. The predicted octanol–water partition coefficient (Wildman–Crippen LogP) is 8.10. The second-order valence-electron chi connectivity index (χ2n) is 14.1. The van der Waals surface area contributed by atoms with Gasteiger partial charge in [-0.1, -0.05) is 140 Å². The smallest absolute Gasteiger partial charge is 0.306 e. The van der Waals surface area contributed by atoms with Gasteiger partial charge in [0.1, 0.15) is 31.0 Å². The summed E-state index contributed by atoms with van der Waals surface area (Å²) in [6, 6.07) is 0. The van der Waals surface area contributed by atoms with E-state index in [1.165, 1.54) is 38.5 Å². The van der Waals surface area contributed by atoms with E-state index in [-0.39, 0.29) is 26.1 Å². The fourth-order valence-corrected chi connectivity index (χ4v) is 5.94. The minimum Gasteiger partial charge on any atom is -0.462 e. The summed E-state index contributed by atoms with van der Waals surface area (Å²) in [5, 5.41) is 39.8. The van der Waals surface area contributed by atoms with E-state index in [1.807, 2.05) is 0 Å². The van der Waals surface area contributed by atoms with Crippen molar-refractivity contribution >= 4 is 11.9 Å². The van der Waals surface area contributed by atoms with E-state index >= 15 is 0 Å². The van der Waals surface area contributed by atoms with Crippen LogP contribution in [0.4, 0.5) is 0 Å². The second-order valence-corrected chi connectivity index (χ2v) is 14.1. The minimum absolute atomic E-state index is 0.221. The molecule has 10 nitrogen and oxygen atoms in total. The molecule has 306 valence electrons. The van der Waals surface area contributed by atoms with Crippen molar-refractivity contribution in [1.29, 1.82) is 0 Å². The van der Waals surface area contributed by atoms with Crippen molar-refractivity contribution < 1.29 is 49.0 Å². The Labute approximate surface area is 320 Å². The van der Waals surface area contributed by atoms with Gasteiger partial charge < -0.3 is 39.4 Å². The summed E-state index contributed by atoms with van der Waals surface area (Å²) < 4.78 is 21.9. The molecule has 0 radical (unpaired) electrons. The average molecular weight is 751 g/mol. The molecule has 1 aliphatic rings. The Morgan fingerprint density at radius 2 is 1.11 bits per heavy atom. The lowest BCUT2D eigenvalue weighted by Gasteiger charge is -2.39. The maximum absolute atomic E-state index is 12.7. The van der Waals surface area contributed by atoms with Crippen LogP contribution in [-0.4, -0.2) is 89.0 Å². The van der Waals surface area contributed by atoms with Gasteiger partial charge >= 0.3 is 11.9 Å². The molecule has 53 heavy (non-hydrogen) atoms. The average Bonchev–Trinajstić information content (AvgIpc) is 3.15. The molecule has 0 aromatic rings. The number of esters is 2. The molecule has 10 heteroatoms. The van der Waals surface area contributed by atoms with E-state index in [0.29, 0.717) is 6.42 Å². The molecule has 1 fully saturated rings. The highest BCUT2D eigenvalue weighted by Gasteiger charge is 2.44. The summed E-state index contributed by atoms with van der Waals surface area (Å²) in [5.41, 5.74) is 0. The lowest BCUT2D eigenvalue weighted by molar-refractivity contribution is -0.305. The second kappa shape index (κ2) is 34.2. The molecule has 1 saturated heterocycles. The molecule has 6 atom stereocenters. The first kappa shape index (κ1) is 48.7. The Morgan fingerprint density at radius 3 is 1.68 bits per heavy atom. The molecule has 0 spiro atoms. The van der Waals surface area contributed by atoms with Gasteiger partial charge in [-0.3, -0.25) is 9.59 Å². The lowest BCUT2D eigenvalue weighted by Crippen LogP contribution is -2.59. The van der Waals surface area contributed by atoms with Crippen LogP contribution in [-0.2, 0) is 28.5 Å². The zero-order chi connectivity index (χ0) is 38.8. The van der Waals surface area contributed by atoms with Gasteiger partial charge in [0.2, 0.25) is 0 Å². The number of rotatable bonds is 33. The number of aliphatic hydroxyl groups excluding tert-OH is 4. The number of hydrogen-bond donors (Lipinski definition) is 4. The van der Waals surface area contributed by atoms with Crippen LogP contribution in [0.15, 0.2) is 48.6 Å². The van der Waals surface area contributed by atoms with Crippen molar-refractivity contribution in [2.24, 2.45) is 0 Å². The van der Waals surface area contributed by atoms with Crippen molar-refractivity contribution in [2.75, 3.05) is 19.8 Å². The van der Waals surface area contributed by atoms with Crippen LogP contribution < -0.4 is 0 Å². The number of unbranched alkanes of at least 4 members (excludes halogenated alkanes) is 14. The van der Waals surface area contributed by atoms with Crippen molar-refractivity contribution in [2.45, 2.75) is 192 Å². The summed E-state index contributed by atoms with van der Waals surface area (Å²) in [7, 11) is 0. The van der Waals surface area contributed by atoms with E-state index in [9.17, 15) is 30.0 Å². The summed E-state index contributed by atoms with van der Waals surface area (Å²) in [4.78, 5) is 25.0. The van der Waals surface area contributed by atoms with Gasteiger partial charge in [0.25, 0.3) is 0 Å². The van der Waals surface area contributed by atoms with Crippen LogP contribution >= 0.6 is 0 Å². The van der Waals surface area contributed by atoms with Crippen molar-refractivity contribution in [3.05, 3.63) is 48.6 Å². The molecule has 0 amide bonds. The Kier molecular flexibility index (Phi) is 31.4. The van der Waals surface area contributed by atoms with Gasteiger partial charge in [-0.15, -0.1) is 0 Å². The largest absolute Gasteiger partial charge is 0.462 e. The quantitative estimate of drug-likeness (QED) is 0.0294. The van der Waals surface area contributed by atoms with E-state index in [0.717, 1.165) is 83.5 Å². The van der Waals surface area contributed by atoms with Crippen LogP contribution in [0.25, 0.3) is 0 Å². The van der Waals surface area contributed by atoms with Crippen molar-refractivity contribution in [3.8, 4) is 0 Å². The maximum Gasteiger partial charge on any atom is 0.306 e. The summed E-state index contributed by atoms with van der Waals surface area (Å²) in [6.07, 6.45) is 31.7. The van der Waals surface area contributed by atoms with Crippen LogP contribution in [0, 0.1) is 0 Å². The molecule has 6 unspecified atom stereocenters. The van der Waals surface area contributed by atoms with Gasteiger partial charge in [0.05, 0.1) is 13.2 Å². The number of hydrogen-bond acceptors (Lipinski definition) is 10. The molecule has 1 rings (SSSR count). The fraction of sp³-hybridized carbons (Fsp3) is 0.767. The molecular weight excluding hydrogens is 676 g/mol. The first-order valence-electron chi connectivity index (χ1n) is 20.7. The Balaban J connectivity index is 2.22. The molecule has 0 aromatic carbocycles. The Bertz CT molecular complexity index is 1010. The Hall–Kier alpha value is -2.34. The monoisotopic (exact) mass is 751 g/mol. The van der Waals surface area contributed by atoms with Gasteiger partial charge in [0.15, 0.2) is 12.4 Å². The lowest BCUT2D eigenvalue weighted by atomic mass is 9.99. The molecular formula is C43H74O10. The van der Waals surface area contributed by atoms with Gasteiger partial charge in [-0.05, 0) is 51.4 Å².